The van der Waals surface area contributed by atoms with Gasteiger partial charge in [-0.05, 0) is 80.9 Å². The smallest absolute Gasteiger partial charge is 0.131 e. The second-order valence-electron chi connectivity index (χ2n) is 8.77. The minimum absolute atomic E-state index is 0.109. The Balaban J connectivity index is 1.78. The van der Waals surface area contributed by atoms with E-state index in [9.17, 15) is 0 Å². The van der Waals surface area contributed by atoms with Crippen LogP contribution in [-0.4, -0.2) is 0 Å². The Morgan fingerprint density at radius 2 is 1.03 bits per heavy atom. The lowest BCUT2D eigenvalue weighted by molar-refractivity contribution is 0.459. The monoisotopic (exact) mass is 452 g/mol. The normalized spacial score (nSPS) is 10.9. The van der Waals surface area contributed by atoms with Gasteiger partial charge in [0.2, 0.25) is 0 Å². The van der Waals surface area contributed by atoms with E-state index in [1.54, 1.807) is 0 Å². The lowest BCUT2D eigenvalue weighted by atomic mass is 9.85. The van der Waals surface area contributed by atoms with Gasteiger partial charge in [0.25, 0.3) is 0 Å². The Hall–Kier alpha value is -3.92. The van der Waals surface area contributed by atoms with Gasteiger partial charge in [-0.2, -0.15) is 0 Å². The molecule has 0 spiro atoms. The summed E-state index contributed by atoms with van der Waals surface area (Å²) >= 11 is 0. The van der Waals surface area contributed by atoms with Gasteiger partial charge in [0.1, 0.15) is 23.0 Å². The van der Waals surface area contributed by atoms with Crippen LogP contribution in [0.15, 0.2) is 84.9 Å². The van der Waals surface area contributed by atoms with Gasteiger partial charge in [0.15, 0.2) is 0 Å². The number of ether oxygens (including phenoxy) is 2. The molecule has 0 amide bonds. The number of benzene rings is 4. The van der Waals surface area contributed by atoms with Gasteiger partial charge >= 0.3 is 0 Å². The molecule has 0 aromatic heterocycles. The molecule has 0 heterocycles. The number of nitrogens with two attached hydrogens (primary N) is 2. The highest BCUT2D eigenvalue weighted by molar-refractivity contribution is 5.52. The molecule has 0 saturated carbocycles. The van der Waals surface area contributed by atoms with Gasteiger partial charge in [-0.25, -0.2) is 0 Å². The second kappa shape index (κ2) is 10.3. The molecule has 4 aromatic carbocycles. The molecule has 0 unspecified atom stereocenters. The van der Waals surface area contributed by atoms with Crippen LogP contribution in [0.3, 0.4) is 0 Å². The number of rotatable bonds is 8. The molecular weight excluding hydrogens is 420 g/mol. The molecule has 174 valence electrons. The fourth-order valence-corrected chi connectivity index (χ4v) is 4.16. The summed E-state index contributed by atoms with van der Waals surface area (Å²) in [5, 5.41) is 0. The molecule has 4 rings (SSSR count). The van der Waals surface area contributed by atoms with Crippen LogP contribution >= 0.6 is 0 Å². The molecule has 0 aliphatic carbocycles. The van der Waals surface area contributed by atoms with Crippen molar-refractivity contribution in [2.45, 2.75) is 39.5 Å². The van der Waals surface area contributed by atoms with Crippen LogP contribution in [0.1, 0.15) is 47.9 Å². The molecule has 0 aliphatic heterocycles. The van der Waals surface area contributed by atoms with Crippen LogP contribution in [0.5, 0.6) is 23.0 Å². The van der Waals surface area contributed by atoms with E-state index in [4.69, 9.17) is 20.9 Å². The Morgan fingerprint density at radius 3 is 1.41 bits per heavy atom. The van der Waals surface area contributed by atoms with Crippen molar-refractivity contribution in [3.63, 3.8) is 0 Å². The molecule has 0 aliphatic rings. The van der Waals surface area contributed by atoms with E-state index in [0.717, 1.165) is 47.0 Å². The lowest BCUT2D eigenvalue weighted by Crippen LogP contribution is -2.06. The van der Waals surface area contributed by atoms with E-state index in [1.165, 1.54) is 11.1 Å². The summed E-state index contributed by atoms with van der Waals surface area (Å²) in [5.74, 6) is 3.31. The maximum atomic E-state index is 6.36. The Kier molecular flexibility index (Phi) is 7.07. The van der Waals surface area contributed by atoms with Crippen molar-refractivity contribution in [3.8, 4) is 23.0 Å². The molecule has 0 atom stereocenters. The third-order valence-electron chi connectivity index (χ3n) is 5.87. The van der Waals surface area contributed by atoms with Crippen molar-refractivity contribution >= 4 is 11.4 Å². The van der Waals surface area contributed by atoms with E-state index in [0.29, 0.717) is 11.4 Å². The Morgan fingerprint density at radius 1 is 0.618 bits per heavy atom. The summed E-state index contributed by atoms with van der Waals surface area (Å²) < 4.78 is 12.7. The third kappa shape index (κ3) is 5.52. The van der Waals surface area contributed by atoms with Crippen LogP contribution in [0, 0.1) is 13.8 Å². The van der Waals surface area contributed by atoms with Crippen molar-refractivity contribution in [1.82, 2.24) is 0 Å². The van der Waals surface area contributed by atoms with Gasteiger partial charge in [-0.1, -0.05) is 48.7 Å². The predicted molar refractivity (Wildman–Crippen MR) is 141 cm³/mol. The first-order chi connectivity index (χ1) is 16.4. The highest BCUT2D eigenvalue weighted by Gasteiger charge is 2.23. The van der Waals surface area contributed by atoms with E-state index < -0.39 is 0 Å². The van der Waals surface area contributed by atoms with E-state index in [-0.39, 0.29) is 5.92 Å². The number of anilines is 2. The number of aryl methyl sites for hydroxylation is 2. The van der Waals surface area contributed by atoms with Crippen molar-refractivity contribution < 1.29 is 9.47 Å². The fourth-order valence-electron chi connectivity index (χ4n) is 4.16. The minimum atomic E-state index is 0.109. The summed E-state index contributed by atoms with van der Waals surface area (Å²) in [6, 6.07) is 27.7. The molecule has 4 aromatic rings. The first kappa shape index (κ1) is 23.2. The maximum absolute atomic E-state index is 6.36. The van der Waals surface area contributed by atoms with Gasteiger partial charge < -0.3 is 20.9 Å². The Bertz CT molecular complexity index is 1150. The SMILES string of the molecule is CCCC(c1cc(C)ccc1Oc1ccc(N)cc1)c1cc(C)ccc1Oc1ccc(N)cc1. The van der Waals surface area contributed by atoms with Crippen LogP contribution in [0.2, 0.25) is 0 Å². The molecule has 4 N–H and O–H groups in total. The average Bonchev–Trinajstić information content (AvgIpc) is 2.83. The van der Waals surface area contributed by atoms with Crippen LogP contribution in [-0.2, 0) is 0 Å². The van der Waals surface area contributed by atoms with Crippen LogP contribution in [0.4, 0.5) is 11.4 Å². The summed E-state index contributed by atoms with van der Waals surface area (Å²) in [5.41, 5.74) is 17.8. The van der Waals surface area contributed by atoms with Crippen LogP contribution < -0.4 is 20.9 Å². The summed E-state index contributed by atoms with van der Waals surface area (Å²) in [6.45, 7) is 6.43. The predicted octanol–water partition coefficient (Wildman–Crippen LogP) is 7.98. The summed E-state index contributed by atoms with van der Waals surface area (Å²) in [7, 11) is 0. The topological polar surface area (TPSA) is 70.5 Å². The third-order valence-corrected chi connectivity index (χ3v) is 5.87. The van der Waals surface area contributed by atoms with Gasteiger partial charge in [0.05, 0.1) is 0 Å². The molecule has 4 heteroatoms. The lowest BCUT2D eigenvalue weighted by Gasteiger charge is -2.24. The number of hydrogen-bond donors (Lipinski definition) is 2. The molecule has 4 nitrogen and oxygen atoms in total. The molecule has 0 bridgehead atoms. The minimum Gasteiger partial charge on any atom is -0.457 e. The van der Waals surface area contributed by atoms with Gasteiger partial charge in [-0.3, -0.25) is 0 Å². The van der Waals surface area contributed by atoms with E-state index >= 15 is 0 Å². The van der Waals surface area contributed by atoms with Crippen molar-refractivity contribution in [1.29, 1.82) is 0 Å². The fraction of sp³-hybridized carbons (Fsp3) is 0.200. The van der Waals surface area contributed by atoms with Crippen molar-refractivity contribution in [3.05, 3.63) is 107 Å². The highest BCUT2D eigenvalue weighted by atomic mass is 16.5. The maximum Gasteiger partial charge on any atom is 0.131 e. The first-order valence-electron chi connectivity index (χ1n) is 11.7. The summed E-state index contributed by atoms with van der Waals surface area (Å²) in [4.78, 5) is 0. The zero-order valence-electron chi connectivity index (χ0n) is 20.0. The molecule has 34 heavy (non-hydrogen) atoms. The standard InChI is InChI=1S/C30H32N2O2/c1-4-5-26(27-18-20(2)6-16-29(27)33-24-12-8-22(31)9-13-24)28-19-21(3)7-17-30(28)34-25-14-10-23(32)11-15-25/h6-19,26H,4-5,31-32H2,1-3H3. The van der Waals surface area contributed by atoms with Gasteiger partial charge in [0, 0.05) is 28.4 Å². The number of hydrogen-bond acceptors (Lipinski definition) is 4. The zero-order valence-corrected chi connectivity index (χ0v) is 20.0. The number of nitrogen functional groups attached to an aromatic ring is 2. The summed E-state index contributed by atoms with van der Waals surface area (Å²) in [6.07, 6.45) is 1.98. The van der Waals surface area contributed by atoms with Crippen LogP contribution in [0.25, 0.3) is 0 Å². The zero-order chi connectivity index (χ0) is 24.1. The first-order valence-corrected chi connectivity index (χ1v) is 11.7. The molecular formula is C30H32N2O2. The Labute approximate surface area is 202 Å². The largest absolute Gasteiger partial charge is 0.457 e. The quantitative estimate of drug-likeness (QED) is 0.266. The average molecular weight is 453 g/mol. The second-order valence-corrected chi connectivity index (χ2v) is 8.77. The van der Waals surface area contributed by atoms with E-state index in [2.05, 4.69) is 57.2 Å². The highest BCUT2D eigenvalue weighted by Crippen LogP contribution is 2.42. The van der Waals surface area contributed by atoms with Gasteiger partial charge in [-0.15, -0.1) is 0 Å². The van der Waals surface area contributed by atoms with Crippen molar-refractivity contribution in [2.75, 3.05) is 11.5 Å². The molecule has 0 radical (unpaired) electrons. The van der Waals surface area contributed by atoms with Crippen molar-refractivity contribution in [2.24, 2.45) is 0 Å². The molecule has 0 saturated heterocycles. The molecule has 0 fully saturated rings. The van der Waals surface area contributed by atoms with E-state index in [1.807, 2.05) is 48.5 Å².